The third-order valence-electron chi connectivity index (χ3n) is 3.35. The minimum Gasteiger partial charge on any atom is -0.252 e. The molecule has 0 aliphatic carbocycles. The van der Waals surface area contributed by atoms with E-state index < -0.39 is 0 Å². The summed E-state index contributed by atoms with van der Waals surface area (Å²) in [4.78, 5) is 4.65. The monoisotopic (exact) mass is 264 g/mol. The third kappa shape index (κ3) is 2.29. The molecule has 1 nitrogen and oxygen atoms in total. The minimum absolute atomic E-state index is 0.226. The second-order valence-electron chi connectivity index (χ2n) is 5.18. The van der Waals surface area contributed by atoms with Crippen LogP contribution in [0.1, 0.15) is 25.5 Å². The van der Waals surface area contributed by atoms with Crippen molar-refractivity contribution >= 4 is 10.9 Å². The van der Waals surface area contributed by atoms with E-state index in [0.29, 0.717) is 5.92 Å². The Kier molecular flexibility index (Phi) is 3.23. The van der Waals surface area contributed by atoms with Crippen LogP contribution >= 0.6 is 0 Å². The van der Waals surface area contributed by atoms with Crippen molar-refractivity contribution in [1.29, 1.82) is 0 Å². The Morgan fingerprint density at radius 3 is 2.40 bits per heavy atom. The molecule has 0 atom stereocenters. The van der Waals surface area contributed by atoms with E-state index in [0.717, 1.165) is 27.7 Å². The van der Waals surface area contributed by atoms with Gasteiger partial charge in [0.1, 0.15) is 5.82 Å². The highest BCUT2D eigenvalue weighted by Gasteiger charge is 2.10. The van der Waals surface area contributed by atoms with Crippen LogP contribution in [-0.2, 0) is 0 Å². The summed E-state index contributed by atoms with van der Waals surface area (Å²) in [7, 11) is 0. The summed E-state index contributed by atoms with van der Waals surface area (Å²) in [6, 6.07) is 17.9. The van der Waals surface area contributed by atoms with Gasteiger partial charge < -0.3 is 0 Å². The van der Waals surface area contributed by atoms with Gasteiger partial charge in [0.05, 0.1) is 11.2 Å². The molecule has 0 aliphatic heterocycles. The Balaban J connectivity index is 2.29. The Morgan fingerprint density at radius 2 is 1.70 bits per heavy atom. The van der Waals surface area contributed by atoms with Crippen LogP contribution < -0.4 is 0 Å². The maximum Gasteiger partial charge on any atom is 0.123 e. The normalized spacial score (nSPS) is 11.2. The van der Waals surface area contributed by atoms with Crippen LogP contribution in [0.5, 0.6) is 0 Å². The van der Waals surface area contributed by atoms with E-state index >= 15 is 0 Å². The molecule has 1 heterocycles. The predicted octanol–water partition coefficient (Wildman–Crippen LogP) is 4.96. The fourth-order valence-electron chi connectivity index (χ4n) is 2.25. The second-order valence-corrected chi connectivity index (χ2v) is 5.18. The molecule has 0 fully saturated rings. The second kappa shape index (κ2) is 5.04. The molecule has 0 saturated carbocycles. The number of rotatable bonds is 2. The molecule has 0 spiro atoms. The summed E-state index contributed by atoms with van der Waals surface area (Å²) >= 11 is 0. The molecular weight excluding hydrogens is 249 g/mol. The zero-order valence-electron chi connectivity index (χ0n) is 11.5. The number of hydrogen-bond acceptors (Lipinski definition) is 1. The highest BCUT2D eigenvalue weighted by Crippen LogP contribution is 2.30. The zero-order valence-corrected chi connectivity index (χ0v) is 11.5. The number of para-hydroxylation sites is 1. The average Bonchev–Trinajstić information content (AvgIpc) is 2.47. The Labute approximate surface area is 118 Å². The highest BCUT2D eigenvalue weighted by molar-refractivity contribution is 5.94. The highest BCUT2D eigenvalue weighted by atomic mass is 19.1. The molecule has 1 radical (unpaired) electrons. The van der Waals surface area contributed by atoms with Gasteiger partial charge in [0, 0.05) is 17.0 Å². The van der Waals surface area contributed by atoms with Crippen molar-refractivity contribution < 1.29 is 4.39 Å². The number of nitrogens with zero attached hydrogens (tertiary/aromatic N) is 1. The maximum absolute atomic E-state index is 13.1. The van der Waals surface area contributed by atoms with Crippen LogP contribution in [0, 0.1) is 11.9 Å². The molecule has 3 rings (SSSR count). The van der Waals surface area contributed by atoms with Gasteiger partial charge in [-0.15, -0.1) is 0 Å². The molecule has 20 heavy (non-hydrogen) atoms. The Hall–Kier alpha value is -2.22. The van der Waals surface area contributed by atoms with Crippen molar-refractivity contribution in [2.24, 2.45) is 0 Å². The quantitative estimate of drug-likeness (QED) is 0.637. The van der Waals surface area contributed by atoms with E-state index in [2.05, 4.69) is 24.9 Å². The van der Waals surface area contributed by atoms with Crippen LogP contribution in [-0.4, -0.2) is 4.98 Å². The Bertz CT molecular complexity index is 745. The van der Waals surface area contributed by atoms with Crippen molar-refractivity contribution in [3.05, 3.63) is 66.1 Å². The number of aromatic nitrogens is 1. The van der Waals surface area contributed by atoms with Gasteiger partial charge >= 0.3 is 0 Å². The van der Waals surface area contributed by atoms with Gasteiger partial charge in [0.15, 0.2) is 0 Å². The van der Waals surface area contributed by atoms with Crippen molar-refractivity contribution in [1.82, 2.24) is 4.98 Å². The van der Waals surface area contributed by atoms with Crippen LogP contribution in [0.15, 0.2) is 48.5 Å². The molecule has 0 aliphatic rings. The minimum atomic E-state index is -0.226. The Morgan fingerprint density at radius 1 is 1.00 bits per heavy atom. The fraction of sp³-hybridized carbons (Fsp3) is 0.167. The van der Waals surface area contributed by atoms with Gasteiger partial charge in [-0.1, -0.05) is 44.2 Å². The van der Waals surface area contributed by atoms with Gasteiger partial charge in [-0.05, 0) is 29.7 Å². The van der Waals surface area contributed by atoms with Gasteiger partial charge in [0.2, 0.25) is 0 Å². The first kappa shape index (κ1) is 12.8. The lowest BCUT2D eigenvalue weighted by atomic mass is 9.97. The first-order chi connectivity index (χ1) is 9.65. The van der Waals surface area contributed by atoms with Crippen molar-refractivity contribution in [3.63, 3.8) is 0 Å². The molecule has 99 valence electrons. The molecular formula is C18H15FN. The predicted molar refractivity (Wildman–Crippen MR) is 80.1 cm³/mol. The van der Waals surface area contributed by atoms with Crippen LogP contribution in [0.3, 0.4) is 0 Å². The average molecular weight is 264 g/mol. The molecule has 3 aromatic rings. The lowest BCUT2D eigenvalue weighted by Crippen LogP contribution is -1.96. The molecule has 2 heteroatoms. The van der Waals surface area contributed by atoms with E-state index in [4.69, 9.17) is 0 Å². The van der Waals surface area contributed by atoms with Gasteiger partial charge in [-0.3, -0.25) is 4.98 Å². The lowest BCUT2D eigenvalue weighted by Gasteiger charge is -2.11. The third-order valence-corrected chi connectivity index (χ3v) is 3.35. The number of hydrogen-bond donors (Lipinski definition) is 0. The number of fused-ring (bicyclic) bond motifs is 1. The molecule has 0 unspecified atom stereocenters. The summed E-state index contributed by atoms with van der Waals surface area (Å²) in [6.07, 6.45) is 0. The largest absolute Gasteiger partial charge is 0.252 e. The molecule has 0 N–H and O–H groups in total. The number of benzene rings is 2. The van der Waals surface area contributed by atoms with Gasteiger partial charge in [0.25, 0.3) is 0 Å². The summed E-state index contributed by atoms with van der Waals surface area (Å²) in [5, 5.41) is 1.04. The van der Waals surface area contributed by atoms with Crippen LogP contribution in [0.4, 0.5) is 4.39 Å². The summed E-state index contributed by atoms with van der Waals surface area (Å²) < 4.78 is 13.1. The standard InChI is InChI=1S/C18H15FN/c1-12(2)18-11-16(13-7-9-14(19)10-8-13)15-5-3-4-6-17(15)20-18/h3-10,12H,1-2H3. The number of pyridine rings is 1. The maximum atomic E-state index is 13.1. The summed E-state index contributed by atoms with van der Waals surface area (Å²) in [5.41, 5.74) is 3.84. The molecule has 1 aromatic heterocycles. The molecule has 0 amide bonds. The summed E-state index contributed by atoms with van der Waals surface area (Å²) in [6.45, 7) is 4.20. The SMILES string of the molecule is CC(C)c1[c]c(-c2ccc(F)cc2)c2ccccc2n1. The zero-order chi connectivity index (χ0) is 14.1. The smallest absolute Gasteiger partial charge is 0.123 e. The van der Waals surface area contributed by atoms with Gasteiger partial charge in [-0.25, -0.2) is 4.39 Å². The van der Waals surface area contributed by atoms with E-state index in [1.807, 2.05) is 24.3 Å². The van der Waals surface area contributed by atoms with Crippen molar-refractivity contribution in [2.45, 2.75) is 19.8 Å². The molecule has 0 bridgehead atoms. The fourth-order valence-corrected chi connectivity index (χ4v) is 2.25. The van der Waals surface area contributed by atoms with E-state index in [-0.39, 0.29) is 5.82 Å². The van der Waals surface area contributed by atoms with Crippen LogP contribution in [0.2, 0.25) is 0 Å². The number of halogens is 1. The van der Waals surface area contributed by atoms with Crippen LogP contribution in [0.25, 0.3) is 22.0 Å². The van der Waals surface area contributed by atoms with Crippen molar-refractivity contribution in [2.75, 3.05) is 0 Å². The van der Waals surface area contributed by atoms with Crippen molar-refractivity contribution in [3.8, 4) is 11.1 Å². The first-order valence-corrected chi connectivity index (χ1v) is 6.73. The van der Waals surface area contributed by atoms with Gasteiger partial charge in [-0.2, -0.15) is 0 Å². The topological polar surface area (TPSA) is 12.9 Å². The molecule has 0 saturated heterocycles. The summed E-state index contributed by atoms with van der Waals surface area (Å²) in [5.74, 6) is 0.0787. The van der Waals surface area contributed by atoms with E-state index in [9.17, 15) is 4.39 Å². The van der Waals surface area contributed by atoms with E-state index in [1.54, 1.807) is 12.1 Å². The lowest BCUT2D eigenvalue weighted by molar-refractivity contribution is 0.628. The first-order valence-electron chi connectivity index (χ1n) is 6.73. The van der Waals surface area contributed by atoms with E-state index in [1.165, 1.54) is 12.1 Å². The molecule has 2 aromatic carbocycles.